The lowest BCUT2D eigenvalue weighted by Crippen LogP contribution is -2.40. The molecule has 1 fully saturated rings. The van der Waals surface area contributed by atoms with Crippen molar-refractivity contribution in [3.05, 3.63) is 36.2 Å². The smallest absolute Gasteiger partial charge is 0.192 e. The minimum absolute atomic E-state index is 0.209. The fraction of sp³-hybridized carbons (Fsp3) is 0.600. The van der Waals surface area contributed by atoms with Crippen molar-refractivity contribution < 1.29 is 4.43 Å². The van der Waals surface area contributed by atoms with Gasteiger partial charge in [0.2, 0.25) is 0 Å². The van der Waals surface area contributed by atoms with Crippen molar-refractivity contribution in [2.75, 3.05) is 0 Å². The molecule has 0 atom stereocenters. The zero-order valence-corrected chi connectivity index (χ0v) is 17.2. The average molecular weight is 358 g/mol. The van der Waals surface area contributed by atoms with Crippen molar-refractivity contribution in [2.24, 2.45) is 0 Å². The number of rotatable bonds is 5. The Labute approximate surface area is 152 Å². The number of aromatic nitrogens is 3. The Bertz CT molecular complexity index is 712. The topological polar surface area (TPSA) is 39.9 Å². The Morgan fingerprint density at radius 1 is 1.16 bits per heavy atom. The SMILES string of the molecule is CC(C)(C)[Si](C)(C)OCc1cccnc1-c1ccnn1C1CCCC1. The van der Waals surface area contributed by atoms with Crippen LogP contribution < -0.4 is 0 Å². The molecule has 1 saturated carbocycles. The van der Waals surface area contributed by atoms with E-state index in [1.54, 1.807) is 0 Å². The van der Waals surface area contributed by atoms with Crippen LogP contribution in [0.3, 0.4) is 0 Å². The van der Waals surface area contributed by atoms with Crippen molar-refractivity contribution in [3.63, 3.8) is 0 Å². The van der Waals surface area contributed by atoms with Crippen LogP contribution in [0, 0.1) is 0 Å². The minimum atomic E-state index is -1.78. The van der Waals surface area contributed by atoms with E-state index in [4.69, 9.17) is 9.41 Å². The van der Waals surface area contributed by atoms with Gasteiger partial charge in [-0.3, -0.25) is 9.67 Å². The van der Waals surface area contributed by atoms with Crippen LogP contribution >= 0.6 is 0 Å². The van der Waals surface area contributed by atoms with Gasteiger partial charge >= 0.3 is 0 Å². The summed E-state index contributed by atoms with van der Waals surface area (Å²) < 4.78 is 8.64. The molecule has 0 saturated heterocycles. The largest absolute Gasteiger partial charge is 0.412 e. The van der Waals surface area contributed by atoms with E-state index in [0.717, 1.165) is 17.0 Å². The second-order valence-corrected chi connectivity index (χ2v) is 13.5. The quantitative estimate of drug-likeness (QED) is 0.656. The molecule has 25 heavy (non-hydrogen) atoms. The lowest BCUT2D eigenvalue weighted by molar-refractivity contribution is 0.276. The van der Waals surface area contributed by atoms with E-state index in [-0.39, 0.29) is 5.04 Å². The Balaban J connectivity index is 1.86. The highest BCUT2D eigenvalue weighted by atomic mass is 28.4. The summed E-state index contributed by atoms with van der Waals surface area (Å²) in [5.74, 6) is 0. The van der Waals surface area contributed by atoms with Crippen LogP contribution in [0.2, 0.25) is 18.1 Å². The van der Waals surface area contributed by atoms with E-state index in [0.29, 0.717) is 12.6 Å². The monoisotopic (exact) mass is 357 g/mol. The Hall–Kier alpha value is -1.46. The first kappa shape index (κ1) is 18.3. The second-order valence-electron chi connectivity index (χ2n) is 8.66. The number of nitrogens with zero attached hydrogens (tertiary/aromatic N) is 3. The van der Waals surface area contributed by atoms with Gasteiger partial charge in [-0.2, -0.15) is 5.10 Å². The maximum Gasteiger partial charge on any atom is 0.192 e. The van der Waals surface area contributed by atoms with Crippen molar-refractivity contribution in [1.29, 1.82) is 0 Å². The molecular weight excluding hydrogens is 326 g/mol. The van der Waals surface area contributed by atoms with Gasteiger partial charge in [-0.05, 0) is 43.1 Å². The molecule has 0 amide bonds. The molecule has 4 nitrogen and oxygen atoms in total. The lowest BCUT2D eigenvalue weighted by atomic mass is 10.1. The van der Waals surface area contributed by atoms with Crippen LogP contribution in [0.15, 0.2) is 30.6 Å². The average Bonchev–Trinajstić information content (AvgIpc) is 3.23. The van der Waals surface area contributed by atoms with Gasteiger partial charge in [0.15, 0.2) is 8.32 Å². The zero-order chi connectivity index (χ0) is 18.1. The first-order chi connectivity index (χ1) is 11.8. The molecule has 0 bridgehead atoms. The highest BCUT2D eigenvalue weighted by Crippen LogP contribution is 2.38. The molecule has 2 heterocycles. The van der Waals surface area contributed by atoms with Crippen LogP contribution in [-0.4, -0.2) is 23.1 Å². The number of pyridine rings is 1. The third kappa shape index (κ3) is 3.87. The van der Waals surface area contributed by atoms with E-state index < -0.39 is 8.32 Å². The van der Waals surface area contributed by atoms with Crippen LogP contribution in [-0.2, 0) is 11.0 Å². The zero-order valence-electron chi connectivity index (χ0n) is 16.2. The summed E-state index contributed by atoms with van der Waals surface area (Å²) in [5, 5.41) is 4.82. The lowest BCUT2D eigenvalue weighted by Gasteiger charge is -2.36. The molecule has 0 radical (unpaired) electrons. The normalized spacial score (nSPS) is 16.5. The molecular formula is C20H31N3OSi. The number of hydrogen-bond donors (Lipinski definition) is 0. The van der Waals surface area contributed by atoms with Crippen LogP contribution in [0.25, 0.3) is 11.4 Å². The van der Waals surface area contributed by atoms with Crippen molar-refractivity contribution >= 4 is 8.32 Å². The first-order valence-corrected chi connectivity index (χ1v) is 12.3. The van der Waals surface area contributed by atoms with Crippen LogP contribution in [0.5, 0.6) is 0 Å². The maximum absolute atomic E-state index is 6.45. The molecule has 0 aliphatic heterocycles. The van der Waals surface area contributed by atoms with Gasteiger partial charge in [0.25, 0.3) is 0 Å². The molecule has 136 valence electrons. The summed E-state index contributed by atoms with van der Waals surface area (Å²) in [5.41, 5.74) is 3.30. The fourth-order valence-corrected chi connectivity index (χ4v) is 4.15. The van der Waals surface area contributed by atoms with E-state index in [1.165, 1.54) is 25.7 Å². The van der Waals surface area contributed by atoms with E-state index in [2.05, 4.69) is 55.8 Å². The summed E-state index contributed by atoms with van der Waals surface area (Å²) in [6.07, 6.45) is 8.81. The van der Waals surface area contributed by atoms with Crippen molar-refractivity contribution in [2.45, 2.75) is 77.2 Å². The minimum Gasteiger partial charge on any atom is -0.412 e. The standard InChI is InChI=1S/C20H31N3OSi/c1-20(2,3)25(4,5)24-15-16-9-8-13-21-19(16)18-12-14-22-23(18)17-10-6-7-11-17/h8-9,12-14,17H,6-7,10-11,15H2,1-5H3. The van der Waals surface area contributed by atoms with Crippen molar-refractivity contribution in [1.82, 2.24) is 14.8 Å². The Morgan fingerprint density at radius 2 is 1.88 bits per heavy atom. The predicted octanol–water partition coefficient (Wildman–Crippen LogP) is 5.58. The third-order valence-electron chi connectivity index (χ3n) is 5.87. The first-order valence-electron chi connectivity index (χ1n) is 9.41. The van der Waals surface area contributed by atoms with E-state index >= 15 is 0 Å². The van der Waals surface area contributed by atoms with Gasteiger partial charge < -0.3 is 4.43 Å². The highest BCUT2D eigenvalue weighted by Gasteiger charge is 2.37. The van der Waals surface area contributed by atoms with E-state index in [9.17, 15) is 0 Å². The molecule has 0 aromatic carbocycles. The third-order valence-corrected chi connectivity index (χ3v) is 10.3. The summed E-state index contributed by atoms with van der Waals surface area (Å²) in [7, 11) is -1.78. The van der Waals surface area contributed by atoms with Crippen LogP contribution in [0.1, 0.15) is 58.1 Å². The Kier molecular flexibility index (Phi) is 5.16. The molecule has 2 aromatic rings. The molecule has 0 spiro atoms. The molecule has 0 unspecified atom stereocenters. The molecule has 2 aromatic heterocycles. The summed E-state index contributed by atoms with van der Waals surface area (Å²) in [4.78, 5) is 4.69. The molecule has 1 aliphatic rings. The van der Waals surface area contributed by atoms with Gasteiger partial charge in [0.1, 0.15) is 0 Å². The Morgan fingerprint density at radius 3 is 2.56 bits per heavy atom. The summed E-state index contributed by atoms with van der Waals surface area (Å²) in [6.45, 7) is 12.0. The van der Waals surface area contributed by atoms with Crippen LogP contribution in [0.4, 0.5) is 0 Å². The predicted molar refractivity (Wildman–Crippen MR) is 105 cm³/mol. The van der Waals surface area contributed by atoms with Crippen molar-refractivity contribution in [3.8, 4) is 11.4 Å². The molecule has 5 heteroatoms. The molecule has 1 aliphatic carbocycles. The van der Waals surface area contributed by atoms with Gasteiger partial charge in [-0.1, -0.05) is 39.7 Å². The summed E-state index contributed by atoms with van der Waals surface area (Å²) >= 11 is 0. The molecule has 3 rings (SSSR count). The number of hydrogen-bond acceptors (Lipinski definition) is 3. The molecule has 0 N–H and O–H groups in total. The van der Waals surface area contributed by atoms with E-state index in [1.807, 2.05) is 18.5 Å². The fourth-order valence-electron chi connectivity index (χ4n) is 3.20. The van der Waals surface area contributed by atoms with Gasteiger partial charge in [0, 0.05) is 18.0 Å². The van der Waals surface area contributed by atoms with Gasteiger partial charge in [-0.25, -0.2) is 0 Å². The maximum atomic E-state index is 6.45. The van der Waals surface area contributed by atoms with Gasteiger partial charge in [0.05, 0.1) is 24.0 Å². The second kappa shape index (κ2) is 7.04. The highest BCUT2D eigenvalue weighted by molar-refractivity contribution is 6.74. The summed E-state index contributed by atoms with van der Waals surface area (Å²) in [6, 6.07) is 6.75. The van der Waals surface area contributed by atoms with Gasteiger partial charge in [-0.15, -0.1) is 0 Å².